The minimum Gasteiger partial charge on any atom is -0.129 e. The number of halogens is 1. The second kappa shape index (κ2) is 2.07. The van der Waals surface area contributed by atoms with Gasteiger partial charge in [0.15, 0.2) is 0 Å². The molecule has 0 amide bonds. The fourth-order valence-electron chi connectivity index (χ4n) is 0.441. The van der Waals surface area contributed by atoms with Gasteiger partial charge in [0.25, 0.3) is 0 Å². The summed E-state index contributed by atoms with van der Waals surface area (Å²) in [5, 5.41) is 0. The Morgan fingerprint density at radius 3 is 2.86 bits per heavy atom. The average molecular weight is 137 g/mol. The van der Waals surface area contributed by atoms with Crippen LogP contribution in [0.4, 0.5) is 0 Å². The van der Waals surface area contributed by atoms with Crippen LogP contribution >= 0.6 is 11.6 Å². The van der Waals surface area contributed by atoms with Gasteiger partial charge in [-0.05, 0) is 11.6 Å². The summed E-state index contributed by atoms with van der Waals surface area (Å²) in [6.07, 6.45) is 4.08. The molecule has 0 aliphatic carbocycles. The topological polar surface area (TPSA) is 12.0 Å². The summed E-state index contributed by atoms with van der Waals surface area (Å²) in [4.78, 5) is 0. The molecule has 40 valence electrons. The number of nitrogens with one attached hydrogen (secondary N) is 1. The van der Waals surface area contributed by atoms with E-state index in [1.54, 1.807) is 0 Å². The summed E-state index contributed by atoms with van der Waals surface area (Å²) in [5.41, 5.74) is 0. The van der Waals surface area contributed by atoms with Gasteiger partial charge in [-0.2, -0.15) is 0 Å². The molecule has 0 fully saturated rings. The lowest BCUT2D eigenvalue weighted by molar-refractivity contribution is 1.15. The molecule has 1 atom stereocenters. The molecule has 3 heteroatoms. The largest absolute Gasteiger partial charge is 0.239 e. The third-order valence-electron chi connectivity index (χ3n) is 0.855. The predicted octanol–water partition coefficient (Wildman–Crippen LogP) is 0.833. The van der Waals surface area contributed by atoms with Crippen molar-refractivity contribution in [1.82, 2.24) is 4.72 Å². The molecule has 1 N–H and O–H groups in total. The van der Waals surface area contributed by atoms with Crippen molar-refractivity contribution in [2.45, 2.75) is 0 Å². The Bertz CT molecular complexity index is 102. The first-order chi connectivity index (χ1) is 3.30. The Morgan fingerprint density at radius 2 is 2.71 bits per heavy atom. The third kappa shape index (κ3) is 1.12. The highest BCUT2D eigenvalue weighted by molar-refractivity contribution is 7.99. The Hall–Kier alpha value is 0.340. The molecular weight excluding hydrogens is 130 g/mol. The van der Waals surface area contributed by atoms with Crippen molar-refractivity contribution < 1.29 is 0 Å². The van der Waals surface area contributed by atoms with Crippen LogP contribution in [-0.4, -0.2) is 12.8 Å². The summed E-state index contributed by atoms with van der Waals surface area (Å²) in [6.45, 7) is 0.943. The van der Waals surface area contributed by atoms with E-state index in [2.05, 4.69) is 11.0 Å². The molecule has 1 rings (SSSR count). The lowest BCUT2D eigenvalue weighted by Crippen LogP contribution is -2.15. The van der Waals surface area contributed by atoms with Crippen LogP contribution in [0.5, 0.6) is 0 Å². The molecule has 1 aliphatic rings. The molecule has 7 heavy (non-hydrogen) atoms. The Labute approximate surface area is 51.2 Å². The monoisotopic (exact) mass is 136 g/mol. The summed E-state index contributed by atoms with van der Waals surface area (Å²) in [5.74, 6) is 0. The van der Waals surface area contributed by atoms with Crippen molar-refractivity contribution in [3.8, 4) is 0 Å². The van der Waals surface area contributed by atoms with Crippen LogP contribution in [0.25, 0.3) is 0 Å². The van der Waals surface area contributed by atoms with Crippen LogP contribution in [0.15, 0.2) is 10.4 Å². The summed E-state index contributed by atoms with van der Waals surface area (Å²) in [7, 11) is 0. The zero-order valence-electron chi connectivity index (χ0n) is 4.07. The summed E-state index contributed by atoms with van der Waals surface area (Å²) >= 11 is 5.83. The van der Waals surface area contributed by atoms with Crippen LogP contribution in [0.3, 0.4) is 0 Å². The number of hydrogen-bond donors (Lipinski definition) is 1. The molecule has 1 heterocycles. The predicted molar refractivity (Wildman–Crippen MR) is 35.2 cm³/mol. The number of rotatable bonds is 0. The molecule has 0 saturated carbocycles. The number of hydrogen-bond acceptors (Lipinski definition) is 1. The normalized spacial score (nSPS) is 30.6. The van der Waals surface area contributed by atoms with E-state index in [0.717, 1.165) is 10.9 Å². The van der Waals surface area contributed by atoms with E-state index in [1.165, 1.54) is 0 Å². The van der Waals surface area contributed by atoms with Crippen molar-refractivity contribution >= 4 is 22.7 Å². The van der Waals surface area contributed by atoms with Gasteiger partial charge in [0.2, 0.25) is 4.36 Å². The highest BCUT2D eigenvalue weighted by atomic mass is 35.5. The van der Waals surface area contributed by atoms with Crippen LogP contribution in [-0.2, 0) is 11.1 Å². The molecule has 1 unspecified atom stereocenters. The van der Waals surface area contributed by atoms with E-state index in [9.17, 15) is 0 Å². The van der Waals surface area contributed by atoms with Crippen molar-refractivity contribution in [3.05, 3.63) is 10.4 Å². The second-order valence-electron chi connectivity index (χ2n) is 1.37. The standard InChI is InChI=1S/C4H7ClNS/c1-7-4(5)2-3-6-7/h2,6H,3H2,1H3/q+1. The van der Waals surface area contributed by atoms with Gasteiger partial charge in [-0.15, -0.1) is 4.72 Å². The molecule has 0 aromatic heterocycles. The minimum absolute atomic E-state index is 0.159. The Balaban J connectivity index is 2.54. The Morgan fingerprint density at radius 1 is 2.00 bits per heavy atom. The lowest BCUT2D eigenvalue weighted by Gasteiger charge is -1.86. The van der Waals surface area contributed by atoms with Gasteiger partial charge in [0.05, 0.1) is 6.54 Å². The van der Waals surface area contributed by atoms with Crippen LogP contribution in [0.2, 0.25) is 0 Å². The summed E-state index contributed by atoms with van der Waals surface area (Å²) in [6, 6.07) is 0. The zero-order valence-corrected chi connectivity index (χ0v) is 5.64. The van der Waals surface area contributed by atoms with Crippen molar-refractivity contribution in [2.75, 3.05) is 12.8 Å². The maximum absolute atomic E-state index is 5.67. The summed E-state index contributed by atoms with van der Waals surface area (Å²) < 4.78 is 4.14. The van der Waals surface area contributed by atoms with E-state index in [4.69, 9.17) is 11.6 Å². The van der Waals surface area contributed by atoms with Gasteiger partial charge in [0, 0.05) is 6.08 Å². The maximum atomic E-state index is 5.67. The fourth-order valence-corrected chi connectivity index (χ4v) is 1.49. The maximum Gasteiger partial charge on any atom is 0.239 e. The third-order valence-corrected chi connectivity index (χ3v) is 3.05. The molecule has 0 aromatic carbocycles. The zero-order chi connectivity index (χ0) is 5.28. The van der Waals surface area contributed by atoms with Gasteiger partial charge < -0.3 is 0 Å². The molecule has 0 radical (unpaired) electrons. The van der Waals surface area contributed by atoms with Crippen molar-refractivity contribution in [1.29, 1.82) is 0 Å². The minimum atomic E-state index is 0.159. The quantitative estimate of drug-likeness (QED) is 0.487. The van der Waals surface area contributed by atoms with Crippen LogP contribution in [0.1, 0.15) is 0 Å². The van der Waals surface area contributed by atoms with E-state index in [1.807, 2.05) is 6.08 Å². The molecule has 0 spiro atoms. The van der Waals surface area contributed by atoms with Crippen molar-refractivity contribution in [2.24, 2.45) is 0 Å². The van der Waals surface area contributed by atoms with Gasteiger partial charge in [-0.3, -0.25) is 0 Å². The Kier molecular flexibility index (Phi) is 1.62. The smallest absolute Gasteiger partial charge is 0.129 e. The molecule has 0 saturated heterocycles. The molecule has 0 bridgehead atoms. The highest BCUT2D eigenvalue weighted by Crippen LogP contribution is 2.13. The van der Waals surface area contributed by atoms with Gasteiger partial charge >= 0.3 is 0 Å². The fraction of sp³-hybridized carbons (Fsp3) is 0.500. The average Bonchev–Trinajstić information content (AvgIpc) is 1.91. The molecule has 0 aromatic rings. The lowest BCUT2D eigenvalue weighted by atomic mass is 10.7. The van der Waals surface area contributed by atoms with Crippen molar-refractivity contribution in [3.63, 3.8) is 0 Å². The van der Waals surface area contributed by atoms with Gasteiger partial charge in [0.1, 0.15) is 17.3 Å². The van der Waals surface area contributed by atoms with Crippen LogP contribution in [0, 0.1) is 0 Å². The van der Waals surface area contributed by atoms with E-state index in [0.29, 0.717) is 0 Å². The van der Waals surface area contributed by atoms with E-state index in [-0.39, 0.29) is 11.1 Å². The van der Waals surface area contributed by atoms with E-state index >= 15 is 0 Å². The first-order valence-corrected chi connectivity index (χ1v) is 4.07. The van der Waals surface area contributed by atoms with Gasteiger partial charge in [-0.1, -0.05) is 0 Å². The first kappa shape index (κ1) is 5.48. The highest BCUT2D eigenvalue weighted by Gasteiger charge is 2.20. The van der Waals surface area contributed by atoms with Gasteiger partial charge in [-0.25, -0.2) is 0 Å². The molecule has 1 nitrogen and oxygen atoms in total. The second-order valence-corrected chi connectivity index (χ2v) is 3.75. The van der Waals surface area contributed by atoms with E-state index < -0.39 is 0 Å². The molecular formula is C4H7ClNS+. The SMILES string of the molecule is C[S+]1NCC=C1Cl. The molecule has 1 aliphatic heterocycles. The van der Waals surface area contributed by atoms with Crippen LogP contribution < -0.4 is 4.72 Å². The first-order valence-electron chi connectivity index (χ1n) is 2.06.